The number of rotatable bonds is 2. The quantitative estimate of drug-likeness (QED) is 0.688. The smallest absolute Gasteiger partial charge is 0.183 e. The Morgan fingerprint density at radius 3 is 3.00 bits per heavy atom. The van der Waals surface area contributed by atoms with Gasteiger partial charge in [-0.25, -0.2) is 4.98 Å². The topological polar surface area (TPSA) is 12.9 Å². The van der Waals surface area contributed by atoms with Crippen LogP contribution in [0, 0.1) is 0 Å². The highest BCUT2D eigenvalue weighted by Gasteiger charge is 1.95. The molecule has 0 spiro atoms. The van der Waals surface area contributed by atoms with Crippen molar-refractivity contribution in [1.82, 2.24) is 4.98 Å². The fourth-order valence-electron chi connectivity index (χ4n) is 0.509. The first-order chi connectivity index (χ1) is 4.33. The Morgan fingerprint density at radius 1 is 1.78 bits per heavy atom. The molecule has 0 fully saturated rings. The molecule has 1 aromatic heterocycles. The van der Waals surface area contributed by atoms with Crippen molar-refractivity contribution in [3.05, 3.63) is 15.5 Å². The Kier molecular flexibility index (Phi) is 2.82. The second-order valence-electron chi connectivity index (χ2n) is 1.55. The zero-order valence-corrected chi connectivity index (χ0v) is 7.14. The van der Waals surface area contributed by atoms with E-state index in [0.717, 1.165) is 12.2 Å². The van der Waals surface area contributed by atoms with Crippen molar-refractivity contribution in [3.63, 3.8) is 0 Å². The van der Waals surface area contributed by atoms with E-state index in [1.165, 1.54) is 16.2 Å². The first kappa shape index (κ1) is 7.38. The van der Waals surface area contributed by atoms with Crippen LogP contribution in [0.4, 0.5) is 0 Å². The summed E-state index contributed by atoms with van der Waals surface area (Å²) in [5.74, 6) is 0.860. The van der Waals surface area contributed by atoms with Gasteiger partial charge in [-0.2, -0.15) is 12.6 Å². The van der Waals surface area contributed by atoms with Gasteiger partial charge in [-0.15, -0.1) is 11.3 Å². The summed E-state index contributed by atoms with van der Waals surface area (Å²) in [6, 6.07) is 0. The fourth-order valence-corrected chi connectivity index (χ4v) is 1.88. The molecule has 0 aromatic carbocycles. The van der Waals surface area contributed by atoms with Gasteiger partial charge in [0, 0.05) is 11.1 Å². The van der Waals surface area contributed by atoms with Crippen molar-refractivity contribution in [1.29, 1.82) is 0 Å². The molecule has 1 heterocycles. The molecule has 1 nitrogen and oxygen atoms in total. The van der Waals surface area contributed by atoms with E-state index in [1.807, 2.05) is 0 Å². The average Bonchev–Trinajstić information content (AvgIpc) is 2.17. The average molecular weight is 180 g/mol. The minimum atomic E-state index is 0.617. The van der Waals surface area contributed by atoms with Gasteiger partial charge in [0.2, 0.25) is 0 Å². The van der Waals surface area contributed by atoms with Crippen molar-refractivity contribution in [3.8, 4) is 0 Å². The highest BCUT2D eigenvalue weighted by atomic mass is 35.5. The Labute approximate surface area is 68.5 Å². The van der Waals surface area contributed by atoms with Crippen molar-refractivity contribution in [2.75, 3.05) is 5.75 Å². The van der Waals surface area contributed by atoms with E-state index in [1.54, 1.807) is 6.20 Å². The second kappa shape index (κ2) is 3.44. The lowest BCUT2D eigenvalue weighted by atomic mass is 10.4. The third-order valence-electron chi connectivity index (χ3n) is 0.884. The summed E-state index contributed by atoms with van der Waals surface area (Å²) in [4.78, 5) is 5.09. The standard InChI is InChI=1S/C5H6ClNS2/c6-5-7-3-4(9-5)1-2-8/h3,8H,1-2H2. The largest absolute Gasteiger partial charge is 0.233 e. The molecular weight excluding hydrogens is 174 g/mol. The molecule has 0 amide bonds. The maximum Gasteiger partial charge on any atom is 0.183 e. The number of aromatic nitrogens is 1. The molecule has 50 valence electrons. The lowest BCUT2D eigenvalue weighted by Crippen LogP contribution is -1.77. The lowest BCUT2D eigenvalue weighted by Gasteiger charge is -1.84. The van der Waals surface area contributed by atoms with Gasteiger partial charge in [-0.1, -0.05) is 11.6 Å². The van der Waals surface area contributed by atoms with Crippen LogP contribution in [0.1, 0.15) is 4.88 Å². The summed E-state index contributed by atoms with van der Waals surface area (Å²) in [7, 11) is 0. The molecular formula is C5H6ClNS2. The molecule has 0 aliphatic rings. The van der Waals surface area contributed by atoms with Gasteiger partial charge in [-0.05, 0) is 12.2 Å². The van der Waals surface area contributed by atoms with Crippen LogP contribution in [0.2, 0.25) is 4.47 Å². The predicted octanol–water partition coefficient (Wildman–Crippen LogP) is 2.27. The monoisotopic (exact) mass is 179 g/mol. The minimum Gasteiger partial charge on any atom is -0.233 e. The summed E-state index contributed by atoms with van der Waals surface area (Å²) in [6.07, 6.45) is 2.76. The van der Waals surface area contributed by atoms with Gasteiger partial charge in [0.15, 0.2) is 4.47 Å². The number of thiol groups is 1. The lowest BCUT2D eigenvalue weighted by molar-refractivity contribution is 1.19. The molecule has 0 atom stereocenters. The number of halogens is 1. The van der Waals surface area contributed by atoms with Gasteiger partial charge in [0.1, 0.15) is 0 Å². The number of aryl methyl sites for hydroxylation is 1. The van der Waals surface area contributed by atoms with Gasteiger partial charge in [0.25, 0.3) is 0 Å². The molecule has 0 saturated carbocycles. The Bertz CT molecular complexity index is 187. The van der Waals surface area contributed by atoms with E-state index in [2.05, 4.69) is 17.6 Å². The molecule has 0 unspecified atom stereocenters. The molecule has 9 heavy (non-hydrogen) atoms. The number of nitrogens with zero attached hydrogens (tertiary/aromatic N) is 1. The summed E-state index contributed by atoms with van der Waals surface area (Å²) >= 11 is 11.2. The summed E-state index contributed by atoms with van der Waals surface area (Å²) in [6.45, 7) is 0. The van der Waals surface area contributed by atoms with E-state index < -0.39 is 0 Å². The molecule has 0 bridgehead atoms. The summed E-state index contributed by atoms with van der Waals surface area (Å²) < 4.78 is 0.617. The highest BCUT2D eigenvalue weighted by Crippen LogP contribution is 2.17. The van der Waals surface area contributed by atoms with Crippen molar-refractivity contribution in [2.24, 2.45) is 0 Å². The van der Waals surface area contributed by atoms with E-state index in [4.69, 9.17) is 11.6 Å². The highest BCUT2D eigenvalue weighted by molar-refractivity contribution is 7.80. The maximum absolute atomic E-state index is 5.58. The van der Waals surface area contributed by atoms with Crippen molar-refractivity contribution < 1.29 is 0 Å². The normalized spacial score (nSPS) is 10.0. The van der Waals surface area contributed by atoms with E-state index in [-0.39, 0.29) is 0 Å². The Hall–Kier alpha value is 0.270. The number of hydrogen-bond acceptors (Lipinski definition) is 3. The van der Waals surface area contributed by atoms with Crippen LogP contribution in [-0.2, 0) is 6.42 Å². The molecule has 0 aliphatic carbocycles. The zero-order valence-electron chi connectivity index (χ0n) is 4.67. The first-order valence-electron chi connectivity index (χ1n) is 2.54. The predicted molar refractivity (Wildman–Crippen MR) is 44.7 cm³/mol. The van der Waals surface area contributed by atoms with Gasteiger partial charge in [0.05, 0.1) is 0 Å². The molecule has 0 saturated heterocycles. The summed E-state index contributed by atoms with van der Waals surface area (Å²) in [5.41, 5.74) is 0. The molecule has 4 heteroatoms. The third-order valence-corrected chi connectivity index (χ3v) is 2.28. The third kappa shape index (κ3) is 2.16. The van der Waals surface area contributed by atoms with Crippen LogP contribution in [-0.4, -0.2) is 10.7 Å². The van der Waals surface area contributed by atoms with Crippen LogP contribution >= 0.6 is 35.6 Å². The van der Waals surface area contributed by atoms with E-state index >= 15 is 0 Å². The van der Waals surface area contributed by atoms with Crippen molar-refractivity contribution >= 4 is 35.6 Å². The maximum atomic E-state index is 5.58. The van der Waals surface area contributed by atoms with Gasteiger partial charge in [-0.3, -0.25) is 0 Å². The molecule has 1 aromatic rings. The number of thiazole rings is 1. The molecule has 0 aliphatic heterocycles. The Morgan fingerprint density at radius 2 is 2.56 bits per heavy atom. The van der Waals surface area contributed by atoms with E-state index in [0.29, 0.717) is 4.47 Å². The molecule has 0 radical (unpaired) electrons. The molecule has 1 rings (SSSR count). The van der Waals surface area contributed by atoms with Gasteiger partial charge < -0.3 is 0 Å². The van der Waals surface area contributed by atoms with Crippen LogP contribution in [0.25, 0.3) is 0 Å². The fraction of sp³-hybridized carbons (Fsp3) is 0.400. The Balaban J connectivity index is 2.61. The van der Waals surface area contributed by atoms with Crippen LogP contribution in [0.3, 0.4) is 0 Å². The van der Waals surface area contributed by atoms with Crippen LogP contribution < -0.4 is 0 Å². The van der Waals surface area contributed by atoms with Crippen LogP contribution in [0.15, 0.2) is 6.20 Å². The van der Waals surface area contributed by atoms with Gasteiger partial charge >= 0.3 is 0 Å². The second-order valence-corrected chi connectivity index (χ2v) is 3.70. The number of hydrogen-bond donors (Lipinski definition) is 1. The SMILES string of the molecule is SCCc1cnc(Cl)s1. The first-order valence-corrected chi connectivity index (χ1v) is 4.36. The van der Waals surface area contributed by atoms with E-state index in [9.17, 15) is 0 Å². The van der Waals surface area contributed by atoms with Crippen LogP contribution in [0.5, 0.6) is 0 Å². The molecule has 0 N–H and O–H groups in total. The summed E-state index contributed by atoms with van der Waals surface area (Å²) in [5, 5.41) is 0. The zero-order chi connectivity index (χ0) is 6.69. The minimum absolute atomic E-state index is 0.617. The van der Waals surface area contributed by atoms with Crippen molar-refractivity contribution in [2.45, 2.75) is 6.42 Å².